The molecule has 5 heteroatoms. The Bertz CT molecular complexity index is 700. The number of ether oxygens (including phenoxy) is 1. The van der Waals surface area contributed by atoms with Gasteiger partial charge in [-0.3, -0.25) is 0 Å². The lowest BCUT2D eigenvalue weighted by Crippen LogP contribution is -2.06. The Morgan fingerprint density at radius 3 is 2.03 bits per heavy atom. The number of rotatable bonds is 9. The Morgan fingerprint density at radius 2 is 1.68 bits per heavy atom. The first-order valence-electron chi connectivity index (χ1n) is 11.8. The van der Waals surface area contributed by atoms with Gasteiger partial charge in [0, 0.05) is 18.3 Å². The largest absolute Gasteiger partial charge is 0.493 e. The molecule has 0 unspecified atom stereocenters. The van der Waals surface area contributed by atoms with Gasteiger partial charge in [-0.1, -0.05) is 61.0 Å². The Hall–Kier alpha value is -2.17. The van der Waals surface area contributed by atoms with E-state index in [0.717, 1.165) is 43.9 Å². The second-order valence-corrected chi connectivity index (χ2v) is 8.36. The van der Waals surface area contributed by atoms with Crippen molar-refractivity contribution >= 4 is 5.97 Å². The maximum Gasteiger partial charge on any atom is 0.338 e. The number of aromatic carboxylic acids is 1. The van der Waals surface area contributed by atoms with Crippen molar-refractivity contribution in [3.05, 3.63) is 46.8 Å². The zero-order chi connectivity index (χ0) is 24.0. The third-order valence-corrected chi connectivity index (χ3v) is 4.76. The van der Waals surface area contributed by atoms with Crippen molar-refractivity contribution in [3.63, 3.8) is 0 Å². The fourth-order valence-corrected chi connectivity index (χ4v) is 2.68. The first-order valence-corrected chi connectivity index (χ1v) is 11.8. The quantitative estimate of drug-likeness (QED) is 0.325. The summed E-state index contributed by atoms with van der Waals surface area (Å²) in [6.07, 6.45) is 9.37. The van der Waals surface area contributed by atoms with Gasteiger partial charge in [-0.15, -0.1) is 0 Å². The van der Waals surface area contributed by atoms with Crippen molar-refractivity contribution < 1.29 is 14.6 Å². The molecule has 1 aromatic rings. The monoisotopic (exact) mass is 432 g/mol. The molecule has 1 heterocycles. The molecule has 0 aromatic carbocycles. The molecule has 2 rings (SSSR count). The molecule has 1 saturated carbocycles. The number of allylic oxidation sites excluding steroid dienone is 3. The standard InChI is InChI=1S/C16H30O.C8H8N2O2.C2H6/c1-8-14(7)10-16(17-11-12(3)4)15(9-2)13(5)6;11-8(12)6-3-9-7(10-4-6)5-1-2-5;1-2/h10,12-13H,8-9,11H2,1-7H3;3-5H,1-2H2,(H,11,12);1-2H3/b14-10-,16-15-;;. The van der Waals surface area contributed by atoms with Gasteiger partial charge in [-0.25, -0.2) is 14.8 Å². The molecular formula is C26H44N2O3. The molecule has 1 fully saturated rings. The van der Waals surface area contributed by atoms with Crippen LogP contribution in [0.25, 0.3) is 0 Å². The predicted molar refractivity (Wildman–Crippen MR) is 129 cm³/mol. The Labute approximate surface area is 190 Å². The molecule has 0 radical (unpaired) electrons. The molecule has 5 nitrogen and oxygen atoms in total. The van der Waals surface area contributed by atoms with E-state index in [1.54, 1.807) is 0 Å². The molecule has 31 heavy (non-hydrogen) atoms. The fourth-order valence-electron chi connectivity index (χ4n) is 2.68. The van der Waals surface area contributed by atoms with Gasteiger partial charge < -0.3 is 9.84 Å². The van der Waals surface area contributed by atoms with Gasteiger partial charge in [0.05, 0.1) is 12.2 Å². The number of carboxylic acids is 1. The van der Waals surface area contributed by atoms with Crippen molar-refractivity contribution in [2.75, 3.05) is 6.61 Å². The van der Waals surface area contributed by atoms with Gasteiger partial charge in [0.15, 0.2) is 0 Å². The number of nitrogens with zero attached hydrogens (tertiary/aromatic N) is 2. The van der Waals surface area contributed by atoms with E-state index < -0.39 is 5.97 Å². The summed E-state index contributed by atoms with van der Waals surface area (Å²) in [5, 5.41) is 8.55. The zero-order valence-electron chi connectivity index (χ0n) is 21.2. The summed E-state index contributed by atoms with van der Waals surface area (Å²) in [6.45, 7) is 20.2. The second-order valence-electron chi connectivity index (χ2n) is 8.36. The van der Waals surface area contributed by atoms with Crippen LogP contribution >= 0.6 is 0 Å². The van der Waals surface area contributed by atoms with E-state index in [-0.39, 0.29) is 5.56 Å². The third kappa shape index (κ3) is 11.7. The fraction of sp³-hybridized carbons (Fsp3) is 0.654. The van der Waals surface area contributed by atoms with Crippen LogP contribution in [-0.4, -0.2) is 27.7 Å². The molecule has 0 atom stereocenters. The maximum absolute atomic E-state index is 10.4. The topological polar surface area (TPSA) is 72.3 Å². The van der Waals surface area contributed by atoms with E-state index in [9.17, 15) is 4.79 Å². The SMILES string of the molecule is CC.CC/C(C)=C\C(OCC(C)C)=C(/CC)C(C)C.O=C(O)c1cnc(C2CC2)nc1. The minimum absolute atomic E-state index is 0.152. The summed E-state index contributed by atoms with van der Waals surface area (Å²) in [5.74, 6) is 2.52. The van der Waals surface area contributed by atoms with E-state index in [4.69, 9.17) is 9.84 Å². The third-order valence-electron chi connectivity index (χ3n) is 4.76. The van der Waals surface area contributed by atoms with Crippen molar-refractivity contribution in [1.82, 2.24) is 9.97 Å². The van der Waals surface area contributed by atoms with Crippen LogP contribution in [0.5, 0.6) is 0 Å². The summed E-state index contributed by atoms with van der Waals surface area (Å²) >= 11 is 0. The maximum atomic E-state index is 10.4. The molecule has 1 aliphatic carbocycles. The molecule has 1 aromatic heterocycles. The first kappa shape index (κ1) is 28.8. The second kappa shape index (κ2) is 15.6. The van der Waals surface area contributed by atoms with Crippen LogP contribution in [0.3, 0.4) is 0 Å². The van der Waals surface area contributed by atoms with Crippen LogP contribution < -0.4 is 0 Å². The highest BCUT2D eigenvalue weighted by atomic mass is 16.5. The van der Waals surface area contributed by atoms with Gasteiger partial charge in [0.1, 0.15) is 11.6 Å². The molecule has 1 N–H and O–H groups in total. The minimum atomic E-state index is -0.975. The molecule has 1 aliphatic rings. The van der Waals surface area contributed by atoms with Crippen LogP contribution in [-0.2, 0) is 4.74 Å². The van der Waals surface area contributed by atoms with E-state index in [1.165, 1.54) is 23.5 Å². The van der Waals surface area contributed by atoms with Gasteiger partial charge in [-0.2, -0.15) is 0 Å². The Balaban J connectivity index is 0.000000558. The summed E-state index contributed by atoms with van der Waals surface area (Å²) < 4.78 is 5.99. The van der Waals surface area contributed by atoms with Crippen molar-refractivity contribution in [2.24, 2.45) is 11.8 Å². The molecule has 176 valence electrons. The van der Waals surface area contributed by atoms with Gasteiger partial charge >= 0.3 is 5.97 Å². The van der Waals surface area contributed by atoms with E-state index in [1.807, 2.05) is 13.8 Å². The molecule has 0 spiro atoms. The van der Waals surface area contributed by atoms with Gasteiger partial charge in [-0.05, 0) is 56.1 Å². The molecular weight excluding hydrogens is 388 g/mol. The summed E-state index contributed by atoms with van der Waals surface area (Å²) in [5.41, 5.74) is 2.97. The number of hydrogen-bond acceptors (Lipinski definition) is 4. The first-order chi connectivity index (χ1) is 14.7. The van der Waals surface area contributed by atoms with E-state index in [0.29, 0.717) is 17.8 Å². The Kier molecular flexibility index (Phi) is 14.5. The van der Waals surface area contributed by atoms with Crippen molar-refractivity contribution in [1.29, 1.82) is 0 Å². The highest BCUT2D eigenvalue weighted by Gasteiger charge is 2.26. The highest BCUT2D eigenvalue weighted by Crippen LogP contribution is 2.37. The molecule has 0 saturated heterocycles. The van der Waals surface area contributed by atoms with Crippen LogP contribution in [0.15, 0.2) is 35.4 Å². The van der Waals surface area contributed by atoms with Crippen LogP contribution in [0, 0.1) is 11.8 Å². The number of hydrogen-bond donors (Lipinski definition) is 1. The lowest BCUT2D eigenvalue weighted by atomic mass is 9.98. The predicted octanol–water partition coefficient (Wildman–Crippen LogP) is 7.41. The highest BCUT2D eigenvalue weighted by molar-refractivity contribution is 5.86. The molecule has 0 aliphatic heterocycles. The average molecular weight is 433 g/mol. The number of carbonyl (C=O) groups is 1. The normalized spacial score (nSPS) is 14.2. The number of aromatic nitrogens is 2. The van der Waals surface area contributed by atoms with E-state index in [2.05, 4.69) is 64.5 Å². The van der Waals surface area contributed by atoms with Crippen LogP contribution in [0.1, 0.15) is 110 Å². The van der Waals surface area contributed by atoms with Crippen molar-refractivity contribution in [3.8, 4) is 0 Å². The van der Waals surface area contributed by atoms with E-state index >= 15 is 0 Å². The summed E-state index contributed by atoms with van der Waals surface area (Å²) in [7, 11) is 0. The van der Waals surface area contributed by atoms with Gasteiger partial charge in [0.25, 0.3) is 0 Å². The summed E-state index contributed by atoms with van der Waals surface area (Å²) in [6, 6.07) is 0. The van der Waals surface area contributed by atoms with Crippen LogP contribution in [0.2, 0.25) is 0 Å². The Morgan fingerprint density at radius 1 is 1.13 bits per heavy atom. The lowest BCUT2D eigenvalue weighted by molar-refractivity contribution is 0.0696. The smallest absolute Gasteiger partial charge is 0.338 e. The lowest BCUT2D eigenvalue weighted by Gasteiger charge is -2.18. The molecule has 0 amide bonds. The zero-order valence-corrected chi connectivity index (χ0v) is 21.2. The van der Waals surface area contributed by atoms with Crippen LogP contribution in [0.4, 0.5) is 0 Å². The summed E-state index contributed by atoms with van der Waals surface area (Å²) in [4.78, 5) is 18.4. The number of carboxylic acid groups (broad SMARTS) is 1. The van der Waals surface area contributed by atoms with Gasteiger partial charge in [0.2, 0.25) is 0 Å². The molecule has 0 bridgehead atoms. The minimum Gasteiger partial charge on any atom is -0.493 e. The van der Waals surface area contributed by atoms with Crippen molar-refractivity contribution in [2.45, 2.75) is 93.9 Å². The average Bonchev–Trinajstić information content (AvgIpc) is 3.59.